The predicted molar refractivity (Wildman–Crippen MR) is 115 cm³/mol. The van der Waals surface area contributed by atoms with Crippen LogP contribution >= 0.6 is 11.3 Å². The molecule has 0 aliphatic heterocycles. The summed E-state index contributed by atoms with van der Waals surface area (Å²) in [5.41, 5.74) is 1.51. The Balaban J connectivity index is 1.85. The minimum atomic E-state index is -4.70. The van der Waals surface area contributed by atoms with E-state index < -0.39 is 22.7 Å². The molecule has 5 nitrogen and oxygen atoms in total. The Labute approximate surface area is 181 Å². The van der Waals surface area contributed by atoms with Gasteiger partial charge in [-0.15, -0.1) is 11.3 Å². The maximum absolute atomic E-state index is 13.2. The molecular formula is C22H20F3N3O2S. The van der Waals surface area contributed by atoms with Crippen molar-refractivity contribution in [2.75, 3.05) is 5.32 Å². The highest BCUT2D eigenvalue weighted by atomic mass is 32.1. The quantitative estimate of drug-likeness (QED) is 0.364. The zero-order valence-electron chi connectivity index (χ0n) is 17.0. The maximum Gasteiger partial charge on any atom is 0.435 e. The number of carbonyl (C=O) groups is 1. The van der Waals surface area contributed by atoms with E-state index in [4.69, 9.17) is 4.84 Å². The molecule has 3 rings (SSSR count). The third-order valence-corrected chi connectivity index (χ3v) is 5.05. The zero-order valence-corrected chi connectivity index (χ0v) is 17.8. The van der Waals surface area contributed by atoms with Gasteiger partial charge >= 0.3 is 6.18 Å². The second-order valence-corrected chi connectivity index (χ2v) is 8.12. The standard InChI is InChI=1S/C22H20F3N3O2S/c1-13(2)30-26-12-15-8-10-16(11-9-15)17-6-4-5-7-18(17)28-21(29)19-20(22(23,24)25)27-14(3)31-19/h4-13H,1-3H3,(H,28,29)/b26-12-. The summed E-state index contributed by atoms with van der Waals surface area (Å²) in [4.78, 5) is 20.8. The summed E-state index contributed by atoms with van der Waals surface area (Å²) in [6.07, 6.45) is -3.14. The first kappa shape index (κ1) is 22.5. The molecule has 162 valence electrons. The number of halogens is 3. The monoisotopic (exact) mass is 447 g/mol. The number of oxime groups is 1. The molecule has 1 aromatic heterocycles. The maximum atomic E-state index is 13.2. The van der Waals surface area contributed by atoms with Gasteiger partial charge in [0, 0.05) is 11.3 Å². The summed E-state index contributed by atoms with van der Waals surface area (Å²) in [7, 11) is 0. The van der Waals surface area contributed by atoms with Crippen LogP contribution in [-0.4, -0.2) is 23.2 Å². The predicted octanol–water partition coefficient (Wildman–Crippen LogP) is 6.15. The van der Waals surface area contributed by atoms with Crippen LogP contribution in [-0.2, 0) is 11.0 Å². The number of hydrogen-bond acceptors (Lipinski definition) is 5. The van der Waals surface area contributed by atoms with Crippen LogP contribution in [0.2, 0.25) is 0 Å². The molecule has 1 N–H and O–H groups in total. The van der Waals surface area contributed by atoms with Crippen molar-refractivity contribution in [3.8, 4) is 11.1 Å². The van der Waals surface area contributed by atoms with Gasteiger partial charge in [0.2, 0.25) is 0 Å². The average Bonchev–Trinajstić information content (AvgIpc) is 3.11. The molecule has 1 heterocycles. The number of alkyl halides is 3. The number of anilines is 1. The fourth-order valence-electron chi connectivity index (χ4n) is 2.76. The van der Waals surface area contributed by atoms with Crippen molar-refractivity contribution in [3.63, 3.8) is 0 Å². The van der Waals surface area contributed by atoms with Crippen molar-refractivity contribution in [2.24, 2.45) is 5.16 Å². The minimum absolute atomic E-state index is 0.0220. The number of para-hydroxylation sites is 1. The molecule has 31 heavy (non-hydrogen) atoms. The van der Waals surface area contributed by atoms with Crippen molar-refractivity contribution in [1.82, 2.24) is 4.98 Å². The number of aryl methyl sites for hydroxylation is 1. The number of thiazole rings is 1. The van der Waals surface area contributed by atoms with Gasteiger partial charge in [0.15, 0.2) is 5.69 Å². The molecule has 3 aromatic rings. The summed E-state index contributed by atoms with van der Waals surface area (Å²) < 4.78 is 39.7. The summed E-state index contributed by atoms with van der Waals surface area (Å²) in [5, 5.41) is 6.65. The number of amides is 1. The smallest absolute Gasteiger partial charge is 0.393 e. The topological polar surface area (TPSA) is 63.6 Å². The zero-order chi connectivity index (χ0) is 22.6. The lowest BCUT2D eigenvalue weighted by molar-refractivity contribution is -0.141. The lowest BCUT2D eigenvalue weighted by atomic mass is 10.0. The number of benzene rings is 2. The van der Waals surface area contributed by atoms with Gasteiger partial charge in [-0.25, -0.2) is 4.98 Å². The van der Waals surface area contributed by atoms with Gasteiger partial charge in [-0.2, -0.15) is 13.2 Å². The Morgan fingerprint density at radius 3 is 2.48 bits per heavy atom. The van der Waals surface area contributed by atoms with Crippen molar-refractivity contribution < 1.29 is 22.8 Å². The number of nitrogens with zero attached hydrogens (tertiary/aromatic N) is 2. The van der Waals surface area contributed by atoms with Crippen LogP contribution in [0.25, 0.3) is 11.1 Å². The number of rotatable bonds is 6. The molecule has 0 bridgehead atoms. The van der Waals surface area contributed by atoms with Gasteiger partial charge in [0.1, 0.15) is 11.0 Å². The first-order chi connectivity index (χ1) is 14.6. The second-order valence-electron chi connectivity index (χ2n) is 6.92. The fraction of sp³-hybridized carbons (Fsp3) is 0.227. The molecule has 0 saturated heterocycles. The summed E-state index contributed by atoms with van der Waals surface area (Å²) in [6, 6.07) is 14.2. The van der Waals surface area contributed by atoms with Gasteiger partial charge in [0.05, 0.1) is 11.2 Å². The van der Waals surface area contributed by atoms with E-state index in [-0.39, 0.29) is 11.1 Å². The highest BCUT2D eigenvalue weighted by Crippen LogP contribution is 2.35. The first-order valence-corrected chi connectivity index (χ1v) is 10.2. The second kappa shape index (κ2) is 9.30. The van der Waals surface area contributed by atoms with Crippen LogP contribution < -0.4 is 5.32 Å². The highest BCUT2D eigenvalue weighted by Gasteiger charge is 2.39. The molecule has 0 saturated carbocycles. The average molecular weight is 447 g/mol. The van der Waals surface area contributed by atoms with Crippen LogP contribution in [0.4, 0.5) is 18.9 Å². The van der Waals surface area contributed by atoms with E-state index in [2.05, 4.69) is 15.5 Å². The van der Waals surface area contributed by atoms with Crippen LogP contribution in [0.15, 0.2) is 53.7 Å². The van der Waals surface area contributed by atoms with Gasteiger partial charge in [-0.05, 0) is 38.0 Å². The van der Waals surface area contributed by atoms with Crippen molar-refractivity contribution >= 4 is 29.1 Å². The molecular weight excluding hydrogens is 427 g/mol. The van der Waals surface area contributed by atoms with E-state index in [9.17, 15) is 18.0 Å². The van der Waals surface area contributed by atoms with Crippen molar-refractivity contribution in [1.29, 1.82) is 0 Å². The molecule has 0 aliphatic rings. The summed E-state index contributed by atoms with van der Waals surface area (Å²) in [6.45, 7) is 5.18. The molecule has 0 radical (unpaired) electrons. The van der Waals surface area contributed by atoms with Crippen molar-refractivity contribution in [3.05, 3.63) is 69.7 Å². The normalized spacial score (nSPS) is 11.8. The Bertz CT molecular complexity index is 1090. The van der Waals surface area contributed by atoms with Gasteiger partial charge in [0.25, 0.3) is 5.91 Å². The summed E-state index contributed by atoms with van der Waals surface area (Å²) in [5.74, 6) is -0.847. The molecule has 9 heteroatoms. The lowest BCUT2D eigenvalue weighted by Gasteiger charge is -2.12. The Kier molecular flexibility index (Phi) is 6.74. The molecule has 0 aliphatic carbocycles. The van der Waals surface area contributed by atoms with Gasteiger partial charge in [-0.1, -0.05) is 47.6 Å². The third-order valence-electron chi connectivity index (χ3n) is 4.08. The van der Waals surface area contributed by atoms with Gasteiger partial charge < -0.3 is 10.2 Å². The number of carbonyl (C=O) groups excluding carboxylic acids is 1. The molecule has 0 spiro atoms. The Morgan fingerprint density at radius 2 is 1.84 bits per heavy atom. The molecule has 0 atom stereocenters. The Morgan fingerprint density at radius 1 is 1.16 bits per heavy atom. The van der Waals surface area contributed by atoms with E-state index in [1.807, 2.05) is 38.1 Å². The summed E-state index contributed by atoms with van der Waals surface area (Å²) >= 11 is 0.712. The molecule has 2 aromatic carbocycles. The van der Waals surface area contributed by atoms with Crippen LogP contribution in [0.3, 0.4) is 0 Å². The van der Waals surface area contributed by atoms with E-state index in [0.717, 1.165) is 11.1 Å². The molecule has 1 amide bonds. The molecule has 0 unspecified atom stereocenters. The van der Waals surface area contributed by atoms with Gasteiger partial charge in [-0.3, -0.25) is 4.79 Å². The number of aromatic nitrogens is 1. The minimum Gasteiger partial charge on any atom is -0.393 e. The van der Waals surface area contributed by atoms with E-state index >= 15 is 0 Å². The third kappa shape index (κ3) is 5.69. The van der Waals surface area contributed by atoms with Crippen LogP contribution in [0, 0.1) is 6.92 Å². The van der Waals surface area contributed by atoms with E-state index in [1.54, 1.807) is 30.5 Å². The largest absolute Gasteiger partial charge is 0.435 e. The van der Waals surface area contributed by atoms with E-state index in [1.165, 1.54) is 6.92 Å². The lowest BCUT2D eigenvalue weighted by Crippen LogP contribution is -2.17. The molecule has 0 fully saturated rings. The van der Waals surface area contributed by atoms with Crippen molar-refractivity contribution in [2.45, 2.75) is 33.1 Å². The highest BCUT2D eigenvalue weighted by molar-refractivity contribution is 7.13. The Hall–Kier alpha value is -3.20. The first-order valence-electron chi connectivity index (χ1n) is 9.40. The van der Waals surface area contributed by atoms with Crippen LogP contribution in [0.1, 0.15) is 39.8 Å². The number of nitrogens with one attached hydrogen (secondary N) is 1. The number of hydrogen-bond donors (Lipinski definition) is 1. The van der Waals surface area contributed by atoms with E-state index in [0.29, 0.717) is 22.6 Å². The SMILES string of the molecule is Cc1nc(C(F)(F)F)c(C(=O)Nc2ccccc2-c2ccc(/C=N\OC(C)C)cc2)s1. The fourth-order valence-corrected chi connectivity index (χ4v) is 3.59. The van der Waals surface area contributed by atoms with Crippen LogP contribution in [0.5, 0.6) is 0 Å².